The van der Waals surface area contributed by atoms with Gasteiger partial charge in [-0.2, -0.15) is 0 Å². The molecule has 4 aliphatic rings. The van der Waals surface area contributed by atoms with Gasteiger partial charge in [-0.3, -0.25) is 4.79 Å². The van der Waals surface area contributed by atoms with Gasteiger partial charge in [0.1, 0.15) is 28.4 Å². The van der Waals surface area contributed by atoms with Gasteiger partial charge in [0.15, 0.2) is 11.4 Å². The van der Waals surface area contributed by atoms with Gasteiger partial charge in [0, 0.05) is 29.0 Å². The Morgan fingerprint density at radius 2 is 1.53 bits per heavy atom. The molecule has 4 unspecified atom stereocenters. The van der Waals surface area contributed by atoms with Crippen molar-refractivity contribution < 1.29 is 157 Å². The summed E-state index contributed by atoms with van der Waals surface area (Å²) in [6, 6.07) is 0. The van der Waals surface area contributed by atoms with Crippen LogP contribution in [0, 0.1) is 5.92 Å². The number of ketones is 1. The molecule has 4 atom stereocenters. The maximum Gasteiger partial charge on any atom is 1.00 e. The number of carbonyl (C=O) groups is 4. The molecule has 294 valence electrons. The maximum atomic E-state index is 14.7. The Hall–Kier alpha value is -1.49. The number of hydrogen-bond acceptors (Lipinski definition) is 12. The molecule has 0 bridgehead atoms. The molecule has 0 saturated carbocycles. The smallest absolute Gasteiger partial charge is 0.807 e. The molecule has 0 radical (unpaired) electrons. The molecule has 1 saturated heterocycles. The zero-order chi connectivity index (χ0) is 40.8. The topological polar surface area (TPSA) is 243 Å². The summed E-state index contributed by atoms with van der Waals surface area (Å²) in [6.07, 6.45) is 13.1. The van der Waals surface area contributed by atoms with Crippen molar-refractivity contribution in [3.8, 4) is 17.2 Å². The number of ether oxygens (including phenoxy) is 3. The molecular weight excluding hydrogens is 792 g/mol. The van der Waals surface area contributed by atoms with Crippen LogP contribution >= 0.6 is 7.60 Å². The van der Waals surface area contributed by atoms with Crippen molar-refractivity contribution in [2.45, 2.75) is 116 Å². The minimum absolute atomic E-state index is 0. The van der Waals surface area contributed by atoms with E-state index in [0.717, 1.165) is 12.0 Å². The van der Waals surface area contributed by atoms with E-state index in [1.54, 1.807) is 26.0 Å². The minimum Gasteiger partial charge on any atom is -0.807 e. The standard InChI is InChI=1S/C38H46O9.CH3O5P.3Na/c1-21(2)11-10-18-36(8)19-17-24-29(39)28-30(40)26-12-9-13-27-35(6,7)47-37(34(43)44,20-16-23(5)33(41)42)38(26,27)46-32(28)25(31(24)45-36)15-14-22(3)4;2-1(3)7(4,5)6;;;/h11-12,14,16-17,19,27,39H,9-10,13,15,18,20H2,1-8H3,(H,41,42)(H,43,44);(H,2,3)(H2,4,5,6);;;/q;;3*+1/p-3. The van der Waals surface area contributed by atoms with Gasteiger partial charge in [-0.15, -0.1) is 0 Å². The summed E-state index contributed by atoms with van der Waals surface area (Å²) in [5, 5.41) is 41.4. The molecule has 3 heterocycles. The Kier molecular flexibility index (Phi) is 18.7. The third kappa shape index (κ3) is 10.5. The first-order chi connectivity index (χ1) is 24.8. The first kappa shape index (κ1) is 53.5. The number of aliphatic carboxylic acids is 2. The van der Waals surface area contributed by atoms with Gasteiger partial charge in [-0.05, 0) is 107 Å². The van der Waals surface area contributed by atoms with Gasteiger partial charge < -0.3 is 53.8 Å². The fourth-order valence-electron chi connectivity index (χ4n) is 7.66. The van der Waals surface area contributed by atoms with Gasteiger partial charge in [-0.25, -0.2) is 9.59 Å². The molecule has 14 nitrogen and oxygen atoms in total. The summed E-state index contributed by atoms with van der Waals surface area (Å²) in [7, 11) is -5.43. The largest absolute Gasteiger partial charge is 1.00 e. The molecule has 0 aromatic heterocycles. The molecule has 1 aliphatic carbocycles. The number of allylic oxidation sites excluding steroid dienone is 5. The first-order valence-electron chi connectivity index (χ1n) is 17.4. The summed E-state index contributed by atoms with van der Waals surface area (Å²) in [4.78, 5) is 67.3. The summed E-state index contributed by atoms with van der Waals surface area (Å²) in [5.41, 5.74) is -5.23. The number of carbonyl (C=O) groups excluding carboxylic acids is 2. The first-order valence-corrected chi connectivity index (χ1v) is 19.0. The molecule has 1 aromatic carbocycles. The number of rotatable bonds is 10. The van der Waals surface area contributed by atoms with E-state index in [4.69, 9.17) is 38.5 Å². The zero-order valence-electron chi connectivity index (χ0n) is 34.6. The average molecular weight is 839 g/mol. The van der Waals surface area contributed by atoms with Crippen LogP contribution in [0.25, 0.3) is 6.08 Å². The minimum atomic E-state index is -5.43. The van der Waals surface area contributed by atoms with E-state index in [1.165, 1.54) is 18.6 Å². The van der Waals surface area contributed by atoms with Crippen molar-refractivity contribution >= 4 is 37.1 Å². The number of Topliss-reactive ketones (excluding diaryl/α,β-unsaturated/α-hetero) is 1. The summed E-state index contributed by atoms with van der Waals surface area (Å²) >= 11 is 0. The van der Waals surface area contributed by atoms with Crippen LogP contribution in [0.2, 0.25) is 0 Å². The number of benzene rings is 1. The SMILES string of the molecule is CC(C)=CCCC1(C)C=Cc2c(O)c3c(c(CC=C(C)C)c2O1)OC12C(=CCCC1C(C)(C)OC2(CC=C(C)C(=O)O)C(=O)O)C3=O.O=C([O-])P(=O)([O-])[O-].[Na+].[Na+].[Na+]. The van der Waals surface area contributed by atoms with Crippen LogP contribution in [0.1, 0.15) is 109 Å². The second kappa shape index (κ2) is 19.9. The molecular formula is C39H46Na3O14P. The van der Waals surface area contributed by atoms with Crippen molar-refractivity contribution in [3.05, 3.63) is 69.4 Å². The van der Waals surface area contributed by atoms with Gasteiger partial charge in [0.2, 0.25) is 5.60 Å². The third-order valence-electron chi connectivity index (χ3n) is 10.3. The Morgan fingerprint density at radius 1 is 0.947 bits per heavy atom. The summed E-state index contributed by atoms with van der Waals surface area (Å²) in [5.74, 6) is -3.53. The fourth-order valence-corrected chi connectivity index (χ4v) is 7.66. The molecule has 5 rings (SSSR count). The maximum absolute atomic E-state index is 14.7. The Bertz CT molecular complexity index is 1990. The van der Waals surface area contributed by atoms with Gasteiger partial charge in [0.25, 0.3) is 0 Å². The van der Waals surface area contributed by atoms with Gasteiger partial charge >= 0.3 is 101 Å². The second-order valence-corrected chi connectivity index (χ2v) is 16.6. The van der Waals surface area contributed by atoms with Crippen LogP contribution in [0.15, 0.2) is 52.7 Å². The van der Waals surface area contributed by atoms with Crippen molar-refractivity contribution in [2.75, 3.05) is 0 Å². The quantitative estimate of drug-likeness (QED) is 0.0876. The van der Waals surface area contributed by atoms with E-state index in [1.807, 2.05) is 46.8 Å². The van der Waals surface area contributed by atoms with Crippen LogP contribution in [0.5, 0.6) is 17.2 Å². The zero-order valence-corrected chi connectivity index (χ0v) is 41.5. The number of carboxylic acids is 2. The second-order valence-electron chi connectivity index (χ2n) is 15.2. The molecule has 1 spiro atoms. The van der Waals surface area contributed by atoms with Crippen molar-refractivity contribution in [2.24, 2.45) is 5.92 Å². The molecule has 18 heteroatoms. The normalized spacial score (nSPS) is 24.8. The van der Waals surface area contributed by atoms with E-state index >= 15 is 0 Å². The van der Waals surface area contributed by atoms with E-state index in [0.29, 0.717) is 42.6 Å². The van der Waals surface area contributed by atoms with Gasteiger partial charge in [0.05, 0.1) is 16.9 Å². The number of phenolic OH excluding ortho intramolecular Hbond substituents is 1. The Labute approximate surface area is 398 Å². The average Bonchev–Trinajstić information content (AvgIpc) is 3.25. The van der Waals surface area contributed by atoms with E-state index in [2.05, 4.69) is 6.08 Å². The molecule has 1 aromatic rings. The number of carboxylic acid groups (broad SMARTS) is 3. The van der Waals surface area contributed by atoms with Crippen molar-refractivity contribution in [1.82, 2.24) is 0 Å². The van der Waals surface area contributed by atoms with E-state index in [-0.39, 0.29) is 123 Å². The molecule has 57 heavy (non-hydrogen) atoms. The van der Waals surface area contributed by atoms with E-state index in [9.17, 15) is 29.7 Å². The van der Waals surface area contributed by atoms with Crippen molar-refractivity contribution in [1.29, 1.82) is 0 Å². The number of phenols is 1. The van der Waals surface area contributed by atoms with Crippen LogP contribution in [0.3, 0.4) is 0 Å². The van der Waals surface area contributed by atoms with Gasteiger partial charge in [-0.1, -0.05) is 35.5 Å². The fraction of sp³-hybridized carbons (Fsp3) is 0.487. The Balaban J connectivity index is 0.00000149. The number of hydrogen-bond donors (Lipinski definition) is 3. The number of fused-ring (bicyclic) bond motifs is 2. The van der Waals surface area contributed by atoms with Crippen LogP contribution in [-0.2, 0) is 25.3 Å². The number of aromatic hydroxyl groups is 1. The summed E-state index contributed by atoms with van der Waals surface area (Å²) < 4.78 is 29.4. The third-order valence-corrected chi connectivity index (χ3v) is 10.7. The molecule has 1 fully saturated rings. The Morgan fingerprint density at radius 3 is 2.04 bits per heavy atom. The van der Waals surface area contributed by atoms with Crippen LogP contribution in [0.4, 0.5) is 4.79 Å². The molecule has 3 N–H and O–H groups in total. The monoisotopic (exact) mass is 838 g/mol. The summed E-state index contributed by atoms with van der Waals surface area (Å²) in [6.45, 7) is 14.9. The van der Waals surface area contributed by atoms with Crippen LogP contribution < -0.4 is 113 Å². The molecule has 3 aliphatic heterocycles. The van der Waals surface area contributed by atoms with Crippen molar-refractivity contribution in [3.63, 3.8) is 0 Å². The van der Waals surface area contributed by atoms with Crippen LogP contribution in [-0.4, -0.2) is 61.2 Å². The predicted octanol–water partition coefficient (Wildman–Crippen LogP) is -4.23. The predicted molar refractivity (Wildman–Crippen MR) is 191 cm³/mol. The van der Waals surface area contributed by atoms with E-state index < -0.39 is 59.4 Å². The molecule has 0 amide bonds.